The van der Waals surface area contributed by atoms with Crippen LogP contribution in [0.25, 0.3) is 0 Å². The third-order valence-electron chi connectivity index (χ3n) is 2.88. The molecule has 2 aromatic rings. The molecule has 0 saturated heterocycles. The maximum Gasteiger partial charge on any atom is 0.241 e. The molecular formula is C14H12Br2ClNO2S. The van der Waals surface area contributed by atoms with E-state index in [1.807, 2.05) is 24.3 Å². The summed E-state index contributed by atoms with van der Waals surface area (Å²) in [5, 5.41) is 0.467. The Morgan fingerprint density at radius 3 is 2.48 bits per heavy atom. The fourth-order valence-corrected chi connectivity index (χ4v) is 4.11. The summed E-state index contributed by atoms with van der Waals surface area (Å²) in [7, 11) is -3.61. The summed E-state index contributed by atoms with van der Waals surface area (Å²) in [5.74, 6) is 0. The largest absolute Gasteiger partial charge is 0.241 e. The van der Waals surface area contributed by atoms with E-state index in [0.717, 1.165) is 10.0 Å². The van der Waals surface area contributed by atoms with Crippen molar-refractivity contribution in [1.29, 1.82) is 0 Å². The molecule has 0 saturated carbocycles. The standard InChI is InChI=1S/C14H12Br2ClNO2S/c1-9(10-3-2-4-11(15)7-10)18-21(19,20)12-5-6-14(17)13(16)8-12/h2-9,18H,1H3. The molecule has 2 rings (SSSR count). The molecule has 21 heavy (non-hydrogen) atoms. The van der Waals surface area contributed by atoms with Crippen molar-refractivity contribution in [1.82, 2.24) is 4.72 Å². The van der Waals surface area contributed by atoms with E-state index in [0.29, 0.717) is 9.50 Å². The lowest BCUT2D eigenvalue weighted by molar-refractivity contribution is 0.567. The van der Waals surface area contributed by atoms with Crippen LogP contribution in [0.1, 0.15) is 18.5 Å². The van der Waals surface area contributed by atoms with Crippen LogP contribution in [0.5, 0.6) is 0 Å². The lowest BCUT2D eigenvalue weighted by Gasteiger charge is -2.15. The minimum Gasteiger partial charge on any atom is -0.207 e. The van der Waals surface area contributed by atoms with Gasteiger partial charge in [0, 0.05) is 15.0 Å². The molecule has 0 amide bonds. The third-order valence-corrected chi connectivity index (χ3v) is 6.13. The Labute approximate surface area is 146 Å². The fraction of sp³-hybridized carbons (Fsp3) is 0.143. The quantitative estimate of drug-likeness (QED) is 0.715. The van der Waals surface area contributed by atoms with Crippen molar-refractivity contribution < 1.29 is 8.42 Å². The van der Waals surface area contributed by atoms with Crippen molar-refractivity contribution in [2.45, 2.75) is 17.9 Å². The van der Waals surface area contributed by atoms with Gasteiger partial charge in [-0.25, -0.2) is 13.1 Å². The van der Waals surface area contributed by atoms with Gasteiger partial charge in [0.2, 0.25) is 10.0 Å². The molecule has 1 N–H and O–H groups in total. The van der Waals surface area contributed by atoms with Crippen LogP contribution in [0.3, 0.4) is 0 Å². The van der Waals surface area contributed by atoms with Gasteiger partial charge >= 0.3 is 0 Å². The highest BCUT2D eigenvalue weighted by atomic mass is 79.9. The van der Waals surface area contributed by atoms with Crippen LogP contribution < -0.4 is 4.72 Å². The first kappa shape index (κ1) is 17.0. The third kappa shape index (κ3) is 4.29. The molecule has 7 heteroatoms. The van der Waals surface area contributed by atoms with Crippen molar-refractivity contribution in [3.63, 3.8) is 0 Å². The first-order valence-corrected chi connectivity index (χ1v) is 9.47. The molecule has 0 bridgehead atoms. The summed E-state index contributed by atoms with van der Waals surface area (Å²) < 4.78 is 28.9. The Kier molecular flexibility index (Phi) is 5.48. The van der Waals surface area contributed by atoms with E-state index in [2.05, 4.69) is 36.6 Å². The van der Waals surface area contributed by atoms with Crippen molar-refractivity contribution in [3.8, 4) is 0 Å². The van der Waals surface area contributed by atoms with Gasteiger partial charge in [-0.2, -0.15) is 0 Å². The van der Waals surface area contributed by atoms with Crippen molar-refractivity contribution >= 4 is 53.5 Å². The lowest BCUT2D eigenvalue weighted by Crippen LogP contribution is -2.26. The first-order chi connectivity index (χ1) is 9.79. The molecule has 0 heterocycles. The summed E-state index contributed by atoms with van der Waals surface area (Å²) in [5.41, 5.74) is 0.876. The van der Waals surface area contributed by atoms with Crippen molar-refractivity contribution in [3.05, 3.63) is 62.0 Å². The number of rotatable bonds is 4. The number of hydrogen-bond donors (Lipinski definition) is 1. The second-order valence-corrected chi connectivity index (χ2v) is 8.37. The Balaban J connectivity index is 2.26. The maximum absolute atomic E-state index is 12.4. The highest BCUT2D eigenvalue weighted by Crippen LogP contribution is 2.26. The number of hydrogen-bond acceptors (Lipinski definition) is 2. The zero-order valence-electron chi connectivity index (χ0n) is 11.0. The smallest absolute Gasteiger partial charge is 0.207 e. The van der Waals surface area contributed by atoms with Gasteiger partial charge in [0.15, 0.2) is 0 Å². The summed E-state index contributed by atoms with van der Waals surface area (Å²) in [6.45, 7) is 1.80. The predicted molar refractivity (Wildman–Crippen MR) is 92.0 cm³/mol. The summed E-state index contributed by atoms with van der Waals surface area (Å²) >= 11 is 12.5. The van der Waals surface area contributed by atoms with Gasteiger partial charge < -0.3 is 0 Å². The Morgan fingerprint density at radius 2 is 1.86 bits per heavy atom. The van der Waals surface area contributed by atoms with Crippen LogP contribution in [0, 0.1) is 0 Å². The molecule has 112 valence electrons. The Hall–Kier alpha value is -0.400. The summed E-state index contributed by atoms with van der Waals surface area (Å²) in [6.07, 6.45) is 0. The molecule has 1 atom stereocenters. The van der Waals surface area contributed by atoms with Gasteiger partial charge in [0.1, 0.15) is 0 Å². The van der Waals surface area contributed by atoms with Gasteiger partial charge in [-0.15, -0.1) is 0 Å². The second-order valence-electron chi connectivity index (χ2n) is 4.47. The topological polar surface area (TPSA) is 46.2 Å². The van der Waals surface area contributed by atoms with Crippen LogP contribution in [0.4, 0.5) is 0 Å². The van der Waals surface area contributed by atoms with E-state index in [4.69, 9.17) is 11.6 Å². The SMILES string of the molecule is CC(NS(=O)(=O)c1ccc(Cl)c(Br)c1)c1cccc(Br)c1. The fourth-order valence-electron chi connectivity index (χ4n) is 1.79. The van der Waals surface area contributed by atoms with Gasteiger partial charge in [-0.1, -0.05) is 39.7 Å². The maximum atomic E-state index is 12.4. The monoisotopic (exact) mass is 451 g/mol. The minimum atomic E-state index is -3.61. The van der Waals surface area contributed by atoms with Gasteiger partial charge in [-0.05, 0) is 58.7 Å². The molecule has 1 unspecified atom stereocenters. The highest BCUT2D eigenvalue weighted by Gasteiger charge is 2.19. The number of nitrogens with one attached hydrogen (secondary N) is 1. The van der Waals surface area contributed by atoms with Crippen LogP contribution in [-0.4, -0.2) is 8.42 Å². The predicted octanol–water partition coefficient (Wildman–Crippen LogP) is 4.90. The van der Waals surface area contributed by atoms with E-state index in [1.165, 1.54) is 12.1 Å². The van der Waals surface area contributed by atoms with Crippen molar-refractivity contribution in [2.75, 3.05) is 0 Å². The van der Waals surface area contributed by atoms with E-state index in [-0.39, 0.29) is 10.9 Å². The lowest BCUT2D eigenvalue weighted by atomic mass is 10.1. The Bertz CT molecular complexity index is 765. The summed E-state index contributed by atoms with van der Waals surface area (Å²) in [4.78, 5) is 0.167. The van der Waals surface area contributed by atoms with Crippen LogP contribution in [-0.2, 0) is 10.0 Å². The molecule has 0 radical (unpaired) electrons. The molecule has 0 aliphatic rings. The van der Waals surface area contributed by atoms with E-state index in [1.54, 1.807) is 13.0 Å². The van der Waals surface area contributed by atoms with E-state index in [9.17, 15) is 8.42 Å². The van der Waals surface area contributed by atoms with Crippen LogP contribution >= 0.6 is 43.5 Å². The number of halogens is 3. The second kappa shape index (κ2) is 6.79. The molecule has 2 aromatic carbocycles. The molecule has 3 nitrogen and oxygen atoms in total. The molecule has 0 aliphatic heterocycles. The average molecular weight is 454 g/mol. The number of benzene rings is 2. The van der Waals surface area contributed by atoms with Crippen LogP contribution in [0.15, 0.2) is 56.3 Å². The van der Waals surface area contributed by atoms with Gasteiger partial charge in [-0.3, -0.25) is 0 Å². The molecule has 0 aliphatic carbocycles. The van der Waals surface area contributed by atoms with Crippen LogP contribution in [0.2, 0.25) is 5.02 Å². The normalized spacial score (nSPS) is 13.1. The Morgan fingerprint density at radius 1 is 1.14 bits per heavy atom. The molecule has 0 spiro atoms. The highest BCUT2D eigenvalue weighted by molar-refractivity contribution is 9.10. The number of sulfonamides is 1. The summed E-state index contributed by atoms with van der Waals surface area (Å²) in [6, 6.07) is 11.7. The average Bonchev–Trinajstić information content (AvgIpc) is 2.41. The zero-order valence-corrected chi connectivity index (χ0v) is 15.7. The zero-order chi connectivity index (χ0) is 15.6. The minimum absolute atomic E-state index is 0.167. The van der Waals surface area contributed by atoms with Crippen molar-refractivity contribution in [2.24, 2.45) is 0 Å². The molecular weight excluding hydrogens is 441 g/mol. The van der Waals surface area contributed by atoms with Gasteiger partial charge in [0.25, 0.3) is 0 Å². The molecule has 0 fully saturated rings. The van der Waals surface area contributed by atoms with E-state index < -0.39 is 10.0 Å². The van der Waals surface area contributed by atoms with Gasteiger partial charge in [0.05, 0.1) is 9.92 Å². The first-order valence-electron chi connectivity index (χ1n) is 6.02. The molecule has 0 aromatic heterocycles. The van der Waals surface area contributed by atoms with E-state index >= 15 is 0 Å².